The minimum atomic E-state index is 0.806. The van der Waals surface area contributed by atoms with Gasteiger partial charge in [0.1, 0.15) is 6.33 Å². The molecule has 0 N–H and O–H groups in total. The zero-order chi connectivity index (χ0) is 18.1. The topological polar surface area (TPSA) is 30.3 Å². The van der Waals surface area contributed by atoms with Crippen LogP contribution in [0.15, 0.2) is 48.8 Å². The van der Waals surface area contributed by atoms with E-state index in [0.717, 1.165) is 36.6 Å². The maximum Gasteiger partial charge on any atom is 0.100 e. The van der Waals surface area contributed by atoms with Crippen molar-refractivity contribution >= 4 is 16.7 Å². The third kappa shape index (κ3) is 3.72. The zero-order valence-electron chi connectivity index (χ0n) is 15.8. The molecule has 1 aromatic heterocycles. The molecule has 27 heavy (non-hydrogen) atoms. The molecule has 140 valence electrons. The highest BCUT2D eigenvalue weighted by Gasteiger charge is 2.21. The maximum atomic E-state index is 5.78. The van der Waals surface area contributed by atoms with Gasteiger partial charge in [0.25, 0.3) is 0 Å². The fourth-order valence-electron chi connectivity index (χ4n) is 3.96. The average Bonchev–Trinajstić information content (AvgIpc) is 3.19. The van der Waals surface area contributed by atoms with Crippen molar-refractivity contribution in [3.63, 3.8) is 0 Å². The summed E-state index contributed by atoms with van der Waals surface area (Å²) in [5, 5.41) is 0. The Hall–Kier alpha value is -2.33. The highest BCUT2D eigenvalue weighted by molar-refractivity contribution is 5.78. The largest absolute Gasteiger partial charge is 0.381 e. The summed E-state index contributed by atoms with van der Waals surface area (Å²) in [6, 6.07) is 15.4. The molecular formula is C23H27N3O. The van der Waals surface area contributed by atoms with Crippen LogP contribution in [0.25, 0.3) is 16.7 Å². The summed E-state index contributed by atoms with van der Waals surface area (Å²) in [5.74, 6) is 0.833. The number of hydrogen-bond donors (Lipinski definition) is 0. The van der Waals surface area contributed by atoms with Gasteiger partial charge in [0, 0.05) is 31.1 Å². The van der Waals surface area contributed by atoms with Crippen molar-refractivity contribution in [1.29, 1.82) is 0 Å². The van der Waals surface area contributed by atoms with Crippen molar-refractivity contribution in [2.75, 3.05) is 31.2 Å². The van der Waals surface area contributed by atoms with Gasteiger partial charge in [0.2, 0.25) is 0 Å². The molecule has 2 aromatic carbocycles. The smallest absolute Gasteiger partial charge is 0.100 e. The van der Waals surface area contributed by atoms with Gasteiger partial charge in [-0.25, -0.2) is 4.98 Å². The predicted octanol–water partition coefficient (Wildman–Crippen LogP) is 4.59. The molecule has 3 aromatic rings. The highest BCUT2D eigenvalue weighted by atomic mass is 16.5. The van der Waals surface area contributed by atoms with Crippen molar-refractivity contribution in [3.8, 4) is 5.69 Å². The van der Waals surface area contributed by atoms with E-state index in [4.69, 9.17) is 4.74 Å². The standard InChI is InChI=1S/C23H27N3O/c1-2-12-25(11-1)20-4-3-5-21(15-20)26-17-24-22-14-18(8-9-23(22)26)10-13-27-16-19-6-7-19/h3-5,8-9,14-15,17,19H,1-2,6-7,10-13,16H2. The summed E-state index contributed by atoms with van der Waals surface area (Å²) in [6.45, 7) is 4.07. The molecule has 1 aliphatic heterocycles. The molecule has 1 aliphatic carbocycles. The third-order valence-electron chi connectivity index (χ3n) is 5.78. The fraction of sp³-hybridized carbons (Fsp3) is 0.435. The first-order chi connectivity index (χ1) is 13.4. The number of fused-ring (bicyclic) bond motifs is 1. The van der Waals surface area contributed by atoms with Crippen molar-refractivity contribution in [2.24, 2.45) is 5.92 Å². The summed E-state index contributed by atoms with van der Waals surface area (Å²) < 4.78 is 7.98. The minimum absolute atomic E-state index is 0.806. The normalized spacial score (nSPS) is 17.1. The fourth-order valence-corrected chi connectivity index (χ4v) is 3.96. The number of anilines is 1. The van der Waals surface area contributed by atoms with Crippen LogP contribution >= 0.6 is 0 Å². The highest BCUT2D eigenvalue weighted by Crippen LogP contribution is 2.29. The van der Waals surface area contributed by atoms with Gasteiger partial charge in [-0.05, 0) is 73.9 Å². The maximum absolute atomic E-state index is 5.78. The predicted molar refractivity (Wildman–Crippen MR) is 110 cm³/mol. The molecule has 4 heteroatoms. The van der Waals surface area contributed by atoms with E-state index in [1.807, 2.05) is 6.33 Å². The summed E-state index contributed by atoms with van der Waals surface area (Å²) in [5.41, 5.74) is 6.02. The molecule has 0 amide bonds. The molecule has 1 saturated heterocycles. The van der Waals surface area contributed by atoms with Crippen molar-refractivity contribution in [1.82, 2.24) is 9.55 Å². The Morgan fingerprint density at radius 2 is 1.85 bits per heavy atom. The van der Waals surface area contributed by atoms with Gasteiger partial charge in [-0.1, -0.05) is 12.1 Å². The molecule has 4 nitrogen and oxygen atoms in total. The molecule has 2 heterocycles. The molecule has 2 aliphatic rings. The van der Waals surface area contributed by atoms with E-state index >= 15 is 0 Å². The Labute approximate surface area is 160 Å². The van der Waals surface area contributed by atoms with Gasteiger partial charge in [-0.3, -0.25) is 4.57 Å². The van der Waals surface area contributed by atoms with Crippen LogP contribution in [0.3, 0.4) is 0 Å². The second-order valence-electron chi connectivity index (χ2n) is 7.92. The third-order valence-corrected chi connectivity index (χ3v) is 5.78. The van der Waals surface area contributed by atoms with E-state index in [-0.39, 0.29) is 0 Å². The second-order valence-corrected chi connectivity index (χ2v) is 7.92. The van der Waals surface area contributed by atoms with Crippen molar-refractivity contribution in [2.45, 2.75) is 32.1 Å². The monoisotopic (exact) mass is 361 g/mol. The first-order valence-electron chi connectivity index (χ1n) is 10.3. The van der Waals surface area contributed by atoms with Gasteiger partial charge >= 0.3 is 0 Å². The molecule has 1 saturated carbocycles. The summed E-state index contributed by atoms with van der Waals surface area (Å²) in [4.78, 5) is 7.13. The molecule has 0 spiro atoms. The molecule has 0 radical (unpaired) electrons. The lowest BCUT2D eigenvalue weighted by Gasteiger charge is -2.18. The minimum Gasteiger partial charge on any atom is -0.381 e. The van der Waals surface area contributed by atoms with Gasteiger partial charge < -0.3 is 9.64 Å². The lowest BCUT2D eigenvalue weighted by Crippen LogP contribution is -2.17. The van der Waals surface area contributed by atoms with Crippen LogP contribution in [0.2, 0.25) is 0 Å². The van der Waals surface area contributed by atoms with Crippen LogP contribution in [0.4, 0.5) is 5.69 Å². The Morgan fingerprint density at radius 1 is 1.00 bits per heavy atom. The number of nitrogens with zero attached hydrogens (tertiary/aromatic N) is 3. The van der Waals surface area contributed by atoms with E-state index < -0.39 is 0 Å². The van der Waals surface area contributed by atoms with Crippen LogP contribution in [-0.4, -0.2) is 35.9 Å². The Bertz CT molecular complexity index is 922. The van der Waals surface area contributed by atoms with Crippen LogP contribution in [-0.2, 0) is 11.2 Å². The molecular weight excluding hydrogens is 334 g/mol. The van der Waals surface area contributed by atoms with Gasteiger partial charge in [0.05, 0.1) is 17.6 Å². The lowest BCUT2D eigenvalue weighted by atomic mass is 10.1. The van der Waals surface area contributed by atoms with E-state index in [1.54, 1.807) is 0 Å². The number of hydrogen-bond acceptors (Lipinski definition) is 3. The SMILES string of the molecule is c1cc(N2CCCC2)cc(-n2cnc3cc(CCOCC4CC4)ccc32)c1. The van der Waals surface area contributed by atoms with E-state index in [1.165, 1.54) is 55.7 Å². The summed E-state index contributed by atoms with van der Waals surface area (Å²) in [7, 11) is 0. The molecule has 0 unspecified atom stereocenters. The number of ether oxygens (including phenoxy) is 1. The molecule has 0 bridgehead atoms. The van der Waals surface area contributed by atoms with E-state index in [0.29, 0.717) is 0 Å². The lowest BCUT2D eigenvalue weighted by molar-refractivity contribution is 0.127. The van der Waals surface area contributed by atoms with E-state index in [9.17, 15) is 0 Å². The number of rotatable bonds is 7. The van der Waals surface area contributed by atoms with Crippen LogP contribution in [0.5, 0.6) is 0 Å². The quantitative estimate of drug-likeness (QED) is 0.576. The number of benzene rings is 2. The number of imidazole rings is 1. The molecule has 0 atom stereocenters. The first kappa shape index (κ1) is 16.8. The van der Waals surface area contributed by atoms with Crippen LogP contribution < -0.4 is 4.90 Å². The van der Waals surface area contributed by atoms with Gasteiger partial charge in [-0.2, -0.15) is 0 Å². The molecule has 2 fully saturated rings. The number of aromatic nitrogens is 2. The van der Waals surface area contributed by atoms with E-state index in [2.05, 4.69) is 56.9 Å². The zero-order valence-corrected chi connectivity index (χ0v) is 15.8. The summed E-state index contributed by atoms with van der Waals surface area (Å²) >= 11 is 0. The van der Waals surface area contributed by atoms with Crippen molar-refractivity contribution < 1.29 is 4.74 Å². The van der Waals surface area contributed by atoms with Crippen LogP contribution in [0, 0.1) is 5.92 Å². The Morgan fingerprint density at radius 3 is 2.70 bits per heavy atom. The first-order valence-corrected chi connectivity index (χ1v) is 10.3. The Balaban J connectivity index is 1.34. The van der Waals surface area contributed by atoms with Crippen molar-refractivity contribution in [3.05, 3.63) is 54.4 Å². The summed E-state index contributed by atoms with van der Waals surface area (Å²) in [6.07, 6.45) is 8.20. The molecule has 5 rings (SSSR count). The van der Waals surface area contributed by atoms with Gasteiger partial charge in [-0.15, -0.1) is 0 Å². The average molecular weight is 361 g/mol. The second kappa shape index (κ2) is 7.35. The van der Waals surface area contributed by atoms with Gasteiger partial charge in [0.15, 0.2) is 0 Å². The Kier molecular flexibility index (Phi) is 4.58. The van der Waals surface area contributed by atoms with Crippen LogP contribution in [0.1, 0.15) is 31.2 Å².